The van der Waals surface area contributed by atoms with Crippen molar-refractivity contribution in [2.75, 3.05) is 29.6 Å². The average molecular weight is 455 g/mol. The molecule has 3 N–H and O–H groups in total. The second-order valence-electron chi connectivity index (χ2n) is 8.53. The van der Waals surface area contributed by atoms with Gasteiger partial charge in [0, 0.05) is 24.2 Å². The van der Waals surface area contributed by atoms with E-state index in [0.29, 0.717) is 18.8 Å². The van der Waals surface area contributed by atoms with Gasteiger partial charge in [-0.05, 0) is 56.6 Å². The molecule has 2 aliphatic rings. The number of rotatable bonds is 7. The molecule has 4 rings (SSSR count). The Hall–Kier alpha value is -2.65. The van der Waals surface area contributed by atoms with E-state index in [4.69, 9.17) is 0 Å². The first-order valence-electron chi connectivity index (χ1n) is 11.0. The first-order chi connectivity index (χ1) is 15.5. The predicted octanol–water partition coefficient (Wildman–Crippen LogP) is 3.39. The summed E-state index contributed by atoms with van der Waals surface area (Å²) in [6.45, 7) is 3.44. The number of amides is 3. The molecule has 1 saturated carbocycles. The van der Waals surface area contributed by atoms with E-state index >= 15 is 0 Å². The molecule has 2 aromatic rings. The zero-order valence-corrected chi connectivity index (χ0v) is 19.4. The van der Waals surface area contributed by atoms with Gasteiger partial charge in [-0.3, -0.25) is 19.8 Å². The highest BCUT2D eigenvalue weighted by molar-refractivity contribution is 7.96. The van der Waals surface area contributed by atoms with Crippen molar-refractivity contribution >= 4 is 35.4 Å². The van der Waals surface area contributed by atoms with E-state index in [1.165, 1.54) is 31.0 Å². The third-order valence-corrected chi connectivity index (χ3v) is 6.86. The van der Waals surface area contributed by atoms with Crippen LogP contribution in [0.25, 0.3) is 0 Å². The molecule has 0 spiro atoms. The molecule has 2 heterocycles. The molecule has 1 aromatic carbocycles. The number of benzene rings is 1. The number of urea groups is 1. The molecule has 1 aliphatic carbocycles. The van der Waals surface area contributed by atoms with E-state index in [2.05, 4.69) is 43.7 Å². The normalized spacial score (nSPS) is 19.9. The quantitative estimate of drug-likeness (QED) is 0.555. The van der Waals surface area contributed by atoms with Crippen LogP contribution in [0.15, 0.2) is 36.7 Å². The minimum absolute atomic E-state index is 0.0865. The highest BCUT2D eigenvalue weighted by atomic mass is 32.2. The van der Waals surface area contributed by atoms with E-state index in [1.807, 2.05) is 19.1 Å². The Kier molecular flexibility index (Phi) is 6.95. The van der Waals surface area contributed by atoms with Crippen LogP contribution < -0.4 is 20.3 Å². The van der Waals surface area contributed by atoms with Gasteiger partial charge in [0.2, 0.25) is 5.91 Å². The third kappa shape index (κ3) is 4.88. The number of aryl methyl sites for hydroxylation is 1. The van der Waals surface area contributed by atoms with Gasteiger partial charge in [0.1, 0.15) is 6.04 Å². The minimum Gasteiger partial charge on any atom is -0.326 e. The lowest BCUT2D eigenvalue weighted by Crippen LogP contribution is -2.53. The largest absolute Gasteiger partial charge is 0.326 e. The van der Waals surface area contributed by atoms with Gasteiger partial charge in [-0.1, -0.05) is 30.5 Å². The summed E-state index contributed by atoms with van der Waals surface area (Å²) in [6, 6.07) is 7.37. The maximum Gasteiger partial charge on any atom is 0.321 e. The fourth-order valence-electron chi connectivity index (χ4n) is 4.41. The lowest BCUT2D eigenvalue weighted by molar-refractivity contribution is -0.121. The summed E-state index contributed by atoms with van der Waals surface area (Å²) in [6.07, 6.45) is 10.2. The number of hydrogen-bond donors (Lipinski definition) is 3. The van der Waals surface area contributed by atoms with Crippen LogP contribution >= 0.6 is 11.9 Å². The Labute approximate surface area is 193 Å². The maximum atomic E-state index is 13.1. The van der Waals surface area contributed by atoms with Gasteiger partial charge in [-0.15, -0.1) is 0 Å². The summed E-state index contributed by atoms with van der Waals surface area (Å²) in [4.78, 5) is 35.5. The number of carbonyl (C=O) groups excluding carboxylic acids is 2. The average Bonchev–Trinajstić information content (AvgIpc) is 2.77. The molecule has 3 amide bonds. The number of nitrogens with one attached hydrogen (secondary N) is 3. The fraction of sp³-hybridized carbons (Fsp3) is 0.478. The standard InChI is InChI=1S/C23H30N6O2S/c1-16-13-25-20(14-24-16)28-22(31)27-19-5-3-12-29(21(19)30)18-8-6-17(7-9-18)23(10-4-11-23)15-26-32-2/h6-9,13-14,19,26H,3-5,10-12,15H2,1-2H3,(H2,25,27,28,31). The van der Waals surface area contributed by atoms with Crippen LogP contribution in [0.5, 0.6) is 0 Å². The van der Waals surface area contributed by atoms with Crippen LogP contribution in [0.3, 0.4) is 0 Å². The third-order valence-electron chi connectivity index (χ3n) is 6.42. The van der Waals surface area contributed by atoms with Gasteiger partial charge >= 0.3 is 6.03 Å². The number of piperidine rings is 1. The van der Waals surface area contributed by atoms with Crippen molar-refractivity contribution in [2.24, 2.45) is 0 Å². The topological polar surface area (TPSA) is 99.2 Å². The van der Waals surface area contributed by atoms with E-state index in [9.17, 15) is 9.59 Å². The Morgan fingerprint density at radius 2 is 1.97 bits per heavy atom. The molecule has 32 heavy (non-hydrogen) atoms. The number of hydrogen-bond acceptors (Lipinski definition) is 6. The summed E-state index contributed by atoms with van der Waals surface area (Å²) >= 11 is 1.65. The summed E-state index contributed by atoms with van der Waals surface area (Å²) < 4.78 is 3.42. The van der Waals surface area contributed by atoms with E-state index in [-0.39, 0.29) is 11.3 Å². The molecule has 1 saturated heterocycles. The van der Waals surface area contributed by atoms with Crippen LogP contribution in [-0.4, -0.2) is 47.3 Å². The minimum atomic E-state index is -0.564. The molecule has 1 aromatic heterocycles. The second kappa shape index (κ2) is 9.87. The van der Waals surface area contributed by atoms with Crippen LogP contribution in [0.2, 0.25) is 0 Å². The van der Waals surface area contributed by atoms with Gasteiger partial charge in [-0.25, -0.2) is 9.78 Å². The summed E-state index contributed by atoms with van der Waals surface area (Å²) in [5.74, 6) is 0.265. The van der Waals surface area contributed by atoms with Crippen LogP contribution in [-0.2, 0) is 10.2 Å². The highest BCUT2D eigenvalue weighted by Crippen LogP contribution is 2.44. The van der Waals surface area contributed by atoms with Gasteiger partial charge < -0.3 is 10.2 Å². The number of aromatic nitrogens is 2. The van der Waals surface area contributed by atoms with Gasteiger partial charge in [-0.2, -0.15) is 0 Å². The molecule has 1 atom stereocenters. The van der Waals surface area contributed by atoms with Crippen LogP contribution in [0.1, 0.15) is 43.4 Å². The molecular formula is C23H30N6O2S. The van der Waals surface area contributed by atoms with Gasteiger partial charge in [0.25, 0.3) is 0 Å². The van der Waals surface area contributed by atoms with Gasteiger partial charge in [0.05, 0.1) is 18.1 Å². The van der Waals surface area contributed by atoms with Gasteiger partial charge in [0.15, 0.2) is 5.82 Å². The molecule has 9 heteroatoms. The molecule has 0 radical (unpaired) electrons. The number of nitrogens with zero attached hydrogens (tertiary/aromatic N) is 3. The smallest absolute Gasteiger partial charge is 0.321 e. The lowest BCUT2D eigenvalue weighted by Gasteiger charge is -2.43. The number of anilines is 2. The molecule has 2 fully saturated rings. The lowest BCUT2D eigenvalue weighted by atomic mass is 9.64. The van der Waals surface area contributed by atoms with Crippen molar-refractivity contribution in [3.8, 4) is 0 Å². The molecule has 1 aliphatic heterocycles. The monoisotopic (exact) mass is 454 g/mol. The fourth-order valence-corrected chi connectivity index (χ4v) is 4.83. The van der Waals surface area contributed by atoms with Crippen LogP contribution in [0, 0.1) is 6.92 Å². The second-order valence-corrected chi connectivity index (χ2v) is 9.23. The Morgan fingerprint density at radius 1 is 1.19 bits per heavy atom. The SMILES string of the molecule is CSNCC1(c2ccc(N3CCCC(NC(=O)Nc4cnc(C)cn4)C3=O)cc2)CCC1. The predicted molar refractivity (Wildman–Crippen MR) is 128 cm³/mol. The molecule has 1 unspecified atom stereocenters. The molecular weight excluding hydrogens is 424 g/mol. The zero-order chi connectivity index (χ0) is 22.6. The molecule has 8 nitrogen and oxygen atoms in total. The summed E-state index contributed by atoms with van der Waals surface area (Å²) in [5.41, 5.74) is 3.17. The first-order valence-corrected chi connectivity index (χ1v) is 12.3. The first kappa shape index (κ1) is 22.5. The number of carbonyl (C=O) groups is 2. The van der Waals surface area contributed by atoms with E-state index in [0.717, 1.165) is 24.3 Å². The van der Waals surface area contributed by atoms with Crippen molar-refractivity contribution < 1.29 is 9.59 Å². The summed E-state index contributed by atoms with van der Waals surface area (Å²) in [7, 11) is 0. The van der Waals surface area contributed by atoms with Crippen molar-refractivity contribution in [3.05, 3.63) is 47.9 Å². The maximum absolute atomic E-state index is 13.1. The zero-order valence-electron chi connectivity index (χ0n) is 18.6. The van der Waals surface area contributed by atoms with Crippen molar-refractivity contribution in [3.63, 3.8) is 0 Å². The summed E-state index contributed by atoms with van der Waals surface area (Å²) in [5, 5.41) is 5.43. The van der Waals surface area contributed by atoms with E-state index in [1.54, 1.807) is 23.0 Å². The molecule has 0 bridgehead atoms. The van der Waals surface area contributed by atoms with Crippen LogP contribution in [0.4, 0.5) is 16.3 Å². The van der Waals surface area contributed by atoms with Crippen molar-refractivity contribution in [1.29, 1.82) is 0 Å². The van der Waals surface area contributed by atoms with E-state index < -0.39 is 12.1 Å². The molecule has 170 valence electrons. The Bertz CT molecular complexity index is 946. The highest BCUT2D eigenvalue weighted by Gasteiger charge is 2.38. The van der Waals surface area contributed by atoms with Crippen molar-refractivity contribution in [1.82, 2.24) is 20.0 Å². The Balaban J connectivity index is 1.39. The van der Waals surface area contributed by atoms with Crippen molar-refractivity contribution in [2.45, 2.75) is 50.5 Å². The Morgan fingerprint density at radius 3 is 2.59 bits per heavy atom.